The number of nitrogens with one attached hydrogen (secondary N) is 3. The highest BCUT2D eigenvalue weighted by atomic mass is 35.5. The van der Waals surface area contributed by atoms with Crippen molar-refractivity contribution in [2.45, 2.75) is 32.0 Å². The van der Waals surface area contributed by atoms with Gasteiger partial charge in [-0.05, 0) is 66.6 Å². The molecule has 228 valence electrons. The highest BCUT2D eigenvalue weighted by Gasteiger charge is 2.35. The van der Waals surface area contributed by atoms with Crippen molar-refractivity contribution in [3.63, 3.8) is 0 Å². The van der Waals surface area contributed by atoms with Crippen LogP contribution < -0.4 is 24.8 Å². The van der Waals surface area contributed by atoms with E-state index in [-0.39, 0.29) is 42.7 Å². The molecule has 3 N–H and O–H groups in total. The molecule has 44 heavy (non-hydrogen) atoms. The molecule has 1 aromatic heterocycles. The van der Waals surface area contributed by atoms with Crippen LogP contribution in [0.15, 0.2) is 54.6 Å². The van der Waals surface area contributed by atoms with Gasteiger partial charge in [0.1, 0.15) is 23.4 Å². The van der Waals surface area contributed by atoms with E-state index < -0.39 is 29.8 Å². The van der Waals surface area contributed by atoms with Crippen molar-refractivity contribution in [2.75, 3.05) is 26.8 Å². The number of hydrogen-bond acceptors (Lipinski definition) is 6. The molecule has 3 amide bonds. The summed E-state index contributed by atoms with van der Waals surface area (Å²) in [5.41, 5.74) is 2.77. The van der Waals surface area contributed by atoms with Gasteiger partial charge in [0.25, 0.3) is 17.7 Å². The third kappa shape index (κ3) is 6.00. The summed E-state index contributed by atoms with van der Waals surface area (Å²) >= 11 is 6.18. The van der Waals surface area contributed by atoms with Gasteiger partial charge in [0.2, 0.25) is 0 Å². The van der Waals surface area contributed by atoms with Gasteiger partial charge in [0.05, 0.1) is 13.2 Å². The molecule has 3 aromatic carbocycles. The van der Waals surface area contributed by atoms with Crippen LogP contribution in [-0.2, 0) is 11.3 Å². The number of halogens is 2. The number of aromatic nitrogens is 1. The number of likely N-dealkylation sites (tertiary alicyclic amines) is 1. The molecule has 0 saturated carbocycles. The molecule has 2 atom stereocenters. The fraction of sp³-hybridized carbons (Fsp3) is 0.281. The lowest BCUT2D eigenvalue weighted by Gasteiger charge is -2.38. The third-order valence-electron chi connectivity index (χ3n) is 7.87. The molecule has 1 fully saturated rings. The normalized spacial score (nSPS) is 18.9. The number of hydrogen-bond donors (Lipinski definition) is 3. The number of aromatic amines is 1. The summed E-state index contributed by atoms with van der Waals surface area (Å²) in [6.45, 7) is 2.00. The Morgan fingerprint density at radius 3 is 2.77 bits per heavy atom. The van der Waals surface area contributed by atoms with Gasteiger partial charge < -0.3 is 34.7 Å². The minimum atomic E-state index is -0.643. The van der Waals surface area contributed by atoms with Crippen LogP contribution in [0, 0.1) is 12.7 Å². The Bertz CT molecular complexity index is 1780. The van der Waals surface area contributed by atoms with Crippen LogP contribution in [0.1, 0.15) is 38.4 Å². The van der Waals surface area contributed by atoms with Gasteiger partial charge in [-0.1, -0.05) is 11.6 Å². The molecule has 0 unspecified atom stereocenters. The molecule has 2 aliphatic heterocycles. The van der Waals surface area contributed by atoms with E-state index in [4.69, 9.17) is 25.8 Å². The molecular formula is C32H30ClFN4O6. The van der Waals surface area contributed by atoms with Crippen LogP contribution in [0.25, 0.3) is 10.9 Å². The van der Waals surface area contributed by atoms with Crippen LogP contribution in [0.3, 0.4) is 0 Å². The highest BCUT2D eigenvalue weighted by molar-refractivity contribution is 6.31. The summed E-state index contributed by atoms with van der Waals surface area (Å²) < 4.78 is 32.0. The predicted molar refractivity (Wildman–Crippen MR) is 161 cm³/mol. The van der Waals surface area contributed by atoms with E-state index in [0.29, 0.717) is 35.0 Å². The van der Waals surface area contributed by atoms with Crippen molar-refractivity contribution in [1.29, 1.82) is 0 Å². The molecule has 3 heterocycles. The first-order valence-corrected chi connectivity index (χ1v) is 14.5. The molecule has 0 spiro atoms. The van der Waals surface area contributed by atoms with Crippen LogP contribution in [-0.4, -0.2) is 66.6 Å². The van der Waals surface area contributed by atoms with Crippen LogP contribution in [0.4, 0.5) is 4.39 Å². The lowest BCUT2D eigenvalue weighted by molar-refractivity contribution is -0.125. The number of carbonyl (C=O) groups is 3. The lowest BCUT2D eigenvalue weighted by Crippen LogP contribution is -2.58. The summed E-state index contributed by atoms with van der Waals surface area (Å²) in [6, 6.07) is 13.6. The van der Waals surface area contributed by atoms with Crippen molar-refractivity contribution in [2.24, 2.45) is 0 Å². The number of piperidine rings is 1. The number of benzene rings is 3. The molecule has 0 radical (unpaired) electrons. The summed E-state index contributed by atoms with van der Waals surface area (Å²) in [6.07, 6.45) is -0.221. The number of amides is 3. The number of H-pyrrole nitrogens is 1. The second-order valence-electron chi connectivity index (χ2n) is 10.8. The Kier molecular flexibility index (Phi) is 8.05. The quantitative estimate of drug-likeness (QED) is 0.306. The second kappa shape index (κ2) is 12.1. The van der Waals surface area contributed by atoms with Gasteiger partial charge in [-0.25, -0.2) is 4.39 Å². The largest absolute Gasteiger partial charge is 0.493 e. The zero-order chi connectivity index (χ0) is 31.0. The molecule has 4 aromatic rings. The molecule has 1 saturated heterocycles. The molecule has 6 rings (SSSR count). The SMILES string of the molecule is COc1ccc2cc1OCC(=O)N[C@@H]1CN(C(=O)c3[nH]c4ccc(Cl)cc4c3C)CC[C@@H]1Oc1cc(F)cc(c1)CNC2=O. The van der Waals surface area contributed by atoms with Crippen molar-refractivity contribution < 1.29 is 33.0 Å². The third-order valence-corrected chi connectivity index (χ3v) is 8.11. The topological polar surface area (TPSA) is 122 Å². The lowest BCUT2D eigenvalue weighted by atomic mass is 10.0. The molecule has 0 aliphatic carbocycles. The fourth-order valence-corrected chi connectivity index (χ4v) is 5.81. The Labute approximate surface area is 257 Å². The molecule has 12 heteroatoms. The van der Waals surface area contributed by atoms with Gasteiger partial charge in [-0.3, -0.25) is 14.4 Å². The van der Waals surface area contributed by atoms with Crippen LogP contribution in [0.2, 0.25) is 5.02 Å². The van der Waals surface area contributed by atoms with Crippen molar-refractivity contribution >= 4 is 40.2 Å². The average molecular weight is 621 g/mol. The first kappa shape index (κ1) is 29.3. The Balaban J connectivity index is 1.30. The number of methoxy groups -OCH3 is 1. The number of nitrogens with zero attached hydrogens (tertiary/aromatic N) is 1. The molecule has 4 bridgehead atoms. The van der Waals surface area contributed by atoms with Crippen LogP contribution >= 0.6 is 11.6 Å². The number of carbonyl (C=O) groups excluding carboxylic acids is 3. The second-order valence-corrected chi connectivity index (χ2v) is 11.3. The maximum absolute atomic E-state index is 14.6. The fourth-order valence-electron chi connectivity index (χ4n) is 5.64. The standard InChI is InChI=1S/C32H30ClFN4O6/c1-17-23-12-20(33)4-5-24(23)37-30(17)32(41)38-8-7-26-25(15-38)36-29(39)16-43-28-11-19(3-6-27(28)42-2)31(40)35-14-18-9-21(34)13-22(10-18)44-26/h3-6,9-13,25-26,37H,7-8,14-16H2,1-2H3,(H,35,40)(H,36,39)/t25-,26+/m1/s1. The van der Waals surface area contributed by atoms with E-state index in [0.717, 1.165) is 16.5 Å². The zero-order valence-electron chi connectivity index (χ0n) is 24.0. The number of ether oxygens (including phenoxy) is 3. The van der Waals surface area contributed by atoms with Gasteiger partial charge in [-0.15, -0.1) is 0 Å². The smallest absolute Gasteiger partial charge is 0.270 e. The van der Waals surface area contributed by atoms with Gasteiger partial charge >= 0.3 is 0 Å². The van der Waals surface area contributed by atoms with E-state index in [1.165, 1.54) is 25.3 Å². The predicted octanol–water partition coefficient (Wildman–Crippen LogP) is 4.38. The van der Waals surface area contributed by atoms with E-state index in [2.05, 4.69) is 15.6 Å². The number of rotatable bonds is 2. The van der Waals surface area contributed by atoms with E-state index in [9.17, 15) is 18.8 Å². The Hall–Kier alpha value is -4.77. The van der Waals surface area contributed by atoms with Crippen molar-refractivity contribution in [3.05, 3.63) is 87.8 Å². The van der Waals surface area contributed by atoms with E-state index >= 15 is 0 Å². The number of aryl methyl sites for hydroxylation is 1. The summed E-state index contributed by atoms with van der Waals surface area (Å²) in [7, 11) is 1.45. The first-order valence-electron chi connectivity index (χ1n) is 14.1. The summed E-state index contributed by atoms with van der Waals surface area (Å²) in [5.74, 6) is -0.845. The van der Waals surface area contributed by atoms with E-state index in [1.807, 2.05) is 19.1 Å². The minimum Gasteiger partial charge on any atom is -0.493 e. The maximum Gasteiger partial charge on any atom is 0.270 e. The average Bonchev–Trinajstić information content (AvgIpc) is 3.33. The van der Waals surface area contributed by atoms with Gasteiger partial charge in [0, 0.05) is 53.6 Å². The monoisotopic (exact) mass is 620 g/mol. The summed E-state index contributed by atoms with van der Waals surface area (Å²) in [4.78, 5) is 44.6. The highest BCUT2D eigenvalue weighted by Crippen LogP contribution is 2.30. The van der Waals surface area contributed by atoms with E-state index in [1.54, 1.807) is 29.2 Å². The maximum atomic E-state index is 14.6. The zero-order valence-corrected chi connectivity index (χ0v) is 24.8. The molecule has 2 aliphatic rings. The minimum absolute atomic E-state index is 0.0529. The van der Waals surface area contributed by atoms with Crippen molar-refractivity contribution in [1.82, 2.24) is 20.5 Å². The Morgan fingerprint density at radius 1 is 1.11 bits per heavy atom. The van der Waals surface area contributed by atoms with Crippen molar-refractivity contribution in [3.8, 4) is 17.2 Å². The summed E-state index contributed by atoms with van der Waals surface area (Å²) in [5, 5.41) is 7.13. The molecule has 10 nitrogen and oxygen atoms in total. The Morgan fingerprint density at radius 2 is 1.95 bits per heavy atom. The van der Waals surface area contributed by atoms with Gasteiger partial charge in [-0.2, -0.15) is 0 Å². The molecular weight excluding hydrogens is 591 g/mol. The van der Waals surface area contributed by atoms with Gasteiger partial charge in [0.15, 0.2) is 18.1 Å². The van der Waals surface area contributed by atoms with Crippen LogP contribution in [0.5, 0.6) is 17.2 Å². The number of fused-ring (bicyclic) bond motifs is 6. The first-order chi connectivity index (χ1) is 21.2.